The average Bonchev–Trinajstić information content (AvgIpc) is 3.37. The van der Waals surface area contributed by atoms with Crippen molar-refractivity contribution < 1.29 is 18.9 Å². The first-order valence-corrected chi connectivity index (χ1v) is 10.0. The molecule has 0 atom stereocenters. The molecule has 0 unspecified atom stereocenters. The number of amides is 3. The van der Waals surface area contributed by atoms with Gasteiger partial charge in [0.25, 0.3) is 17.7 Å². The molecule has 0 bridgehead atoms. The number of fused-ring (bicyclic) bond motifs is 1. The number of aromatic amines is 1. The number of H-pyrrole nitrogens is 1. The highest BCUT2D eigenvalue weighted by Gasteiger charge is 2.34. The molecule has 0 aliphatic carbocycles. The zero-order valence-electron chi connectivity index (χ0n) is 17.1. The predicted octanol–water partition coefficient (Wildman–Crippen LogP) is 3.08. The van der Waals surface area contributed by atoms with E-state index in [9.17, 15) is 19.2 Å². The monoisotopic (exact) mass is 440 g/mol. The van der Waals surface area contributed by atoms with Crippen molar-refractivity contribution >= 4 is 23.4 Å². The van der Waals surface area contributed by atoms with Crippen molar-refractivity contribution in [1.82, 2.24) is 15.0 Å². The van der Waals surface area contributed by atoms with Crippen LogP contribution in [0.2, 0.25) is 0 Å². The molecule has 0 saturated heterocycles. The van der Waals surface area contributed by atoms with E-state index >= 15 is 0 Å². The van der Waals surface area contributed by atoms with E-state index in [1.54, 1.807) is 72.8 Å². The summed E-state index contributed by atoms with van der Waals surface area (Å²) in [6.45, 7) is 0.117. The minimum absolute atomic E-state index is 0.117. The van der Waals surface area contributed by atoms with E-state index in [4.69, 9.17) is 0 Å². The van der Waals surface area contributed by atoms with Gasteiger partial charge in [0, 0.05) is 16.8 Å². The second-order valence-corrected chi connectivity index (χ2v) is 7.42. The van der Waals surface area contributed by atoms with Crippen LogP contribution in [-0.2, 0) is 6.54 Å². The predicted molar refractivity (Wildman–Crippen MR) is 118 cm³/mol. The van der Waals surface area contributed by atoms with Gasteiger partial charge in [0.2, 0.25) is 0 Å². The number of aromatic nitrogens is 2. The molecule has 162 valence electrons. The summed E-state index contributed by atoms with van der Waals surface area (Å²) in [6.07, 6.45) is 0. The Kier molecular flexibility index (Phi) is 4.91. The van der Waals surface area contributed by atoms with Gasteiger partial charge in [-0.15, -0.1) is 0 Å². The van der Waals surface area contributed by atoms with Gasteiger partial charge in [-0.05, 0) is 42.0 Å². The highest BCUT2D eigenvalue weighted by atomic mass is 16.5. The number of hydrogen-bond acceptors (Lipinski definition) is 6. The number of nitrogens with one attached hydrogen (secondary N) is 2. The maximum atomic E-state index is 12.7. The van der Waals surface area contributed by atoms with Crippen LogP contribution in [0.4, 0.5) is 5.69 Å². The molecule has 33 heavy (non-hydrogen) atoms. The van der Waals surface area contributed by atoms with Gasteiger partial charge in [-0.3, -0.25) is 28.8 Å². The molecule has 9 heteroatoms. The van der Waals surface area contributed by atoms with Gasteiger partial charge in [-0.2, -0.15) is 0 Å². The lowest BCUT2D eigenvalue weighted by Crippen LogP contribution is -2.29. The number of anilines is 1. The number of benzene rings is 3. The molecule has 0 fully saturated rings. The molecular formula is C24H16N4O5. The Morgan fingerprint density at radius 3 is 2.24 bits per heavy atom. The molecule has 1 aromatic heterocycles. The summed E-state index contributed by atoms with van der Waals surface area (Å²) in [5, 5.41) is 6.42. The molecule has 0 spiro atoms. The van der Waals surface area contributed by atoms with Gasteiger partial charge in [0.1, 0.15) is 0 Å². The lowest BCUT2D eigenvalue weighted by Gasteiger charge is -2.14. The molecule has 2 heterocycles. The number of carbonyl (C=O) groups is 3. The van der Waals surface area contributed by atoms with Crippen molar-refractivity contribution in [2.24, 2.45) is 0 Å². The molecule has 1 aliphatic heterocycles. The molecule has 0 radical (unpaired) electrons. The summed E-state index contributed by atoms with van der Waals surface area (Å²) in [6, 6.07) is 20.2. The van der Waals surface area contributed by atoms with Crippen molar-refractivity contribution in [2.45, 2.75) is 6.54 Å². The highest BCUT2D eigenvalue weighted by molar-refractivity contribution is 6.21. The van der Waals surface area contributed by atoms with Gasteiger partial charge in [0.15, 0.2) is 5.82 Å². The van der Waals surface area contributed by atoms with E-state index in [1.165, 1.54) is 4.90 Å². The lowest BCUT2D eigenvalue weighted by atomic mass is 10.1. The molecule has 9 nitrogen and oxygen atoms in total. The van der Waals surface area contributed by atoms with Crippen LogP contribution in [0.5, 0.6) is 0 Å². The molecular weight excluding hydrogens is 424 g/mol. The molecule has 3 amide bonds. The van der Waals surface area contributed by atoms with Crippen molar-refractivity contribution in [2.75, 3.05) is 5.32 Å². The summed E-state index contributed by atoms with van der Waals surface area (Å²) in [5.74, 6) is -1.40. The van der Waals surface area contributed by atoms with Crippen LogP contribution >= 0.6 is 0 Å². The van der Waals surface area contributed by atoms with Crippen LogP contribution in [0.25, 0.3) is 11.4 Å². The van der Waals surface area contributed by atoms with Crippen LogP contribution in [0.3, 0.4) is 0 Å². The fourth-order valence-corrected chi connectivity index (χ4v) is 3.63. The Labute approximate surface area is 186 Å². The van der Waals surface area contributed by atoms with E-state index in [0.717, 1.165) is 5.56 Å². The Morgan fingerprint density at radius 2 is 1.61 bits per heavy atom. The SMILES string of the molecule is O=C(Nc1cccc(-c2noc(=O)[nH]2)c1)c1ccc(CN2C(=O)c3ccccc3C2=O)cc1. The van der Waals surface area contributed by atoms with Crippen molar-refractivity contribution in [3.8, 4) is 11.4 Å². The summed E-state index contributed by atoms with van der Waals surface area (Å²) in [4.78, 5) is 52.5. The second kappa shape index (κ2) is 8.04. The van der Waals surface area contributed by atoms with Crippen LogP contribution in [0.1, 0.15) is 36.6 Å². The maximum absolute atomic E-state index is 12.7. The third kappa shape index (κ3) is 3.83. The Morgan fingerprint density at radius 1 is 0.909 bits per heavy atom. The Hall–Kier alpha value is -4.79. The molecule has 3 aromatic carbocycles. The standard InChI is InChI=1S/C24H16N4O5/c29-21(25-17-5-3-4-16(12-17)20-26-24(32)33-27-20)15-10-8-14(9-11-15)13-28-22(30)18-6-1-2-7-19(18)23(28)31/h1-12H,13H2,(H,25,29)(H,26,27,32). The summed E-state index contributed by atoms with van der Waals surface area (Å²) in [5.41, 5.74) is 3.01. The van der Waals surface area contributed by atoms with E-state index in [1.807, 2.05) is 0 Å². The maximum Gasteiger partial charge on any atom is 0.439 e. The number of imide groups is 1. The van der Waals surface area contributed by atoms with Gasteiger partial charge in [-0.1, -0.05) is 41.6 Å². The van der Waals surface area contributed by atoms with E-state index in [-0.39, 0.29) is 30.1 Å². The summed E-state index contributed by atoms with van der Waals surface area (Å²) < 4.78 is 4.51. The van der Waals surface area contributed by atoms with Gasteiger partial charge in [-0.25, -0.2) is 4.79 Å². The van der Waals surface area contributed by atoms with Crippen LogP contribution in [0.15, 0.2) is 82.1 Å². The van der Waals surface area contributed by atoms with E-state index in [2.05, 4.69) is 20.0 Å². The molecule has 4 aromatic rings. The second-order valence-electron chi connectivity index (χ2n) is 7.42. The number of carbonyl (C=O) groups excluding carboxylic acids is 3. The molecule has 5 rings (SSSR count). The largest absolute Gasteiger partial charge is 0.439 e. The fourth-order valence-electron chi connectivity index (χ4n) is 3.63. The first kappa shape index (κ1) is 20.1. The fraction of sp³-hybridized carbons (Fsp3) is 0.0417. The van der Waals surface area contributed by atoms with Gasteiger partial charge < -0.3 is 5.32 Å². The topological polar surface area (TPSA) is 125 Å². The lowest BCUT2D eigenvalue weighted by molar-refractivity contribution is 0.0642. The number of nitrogens with zero attached hydrogens (tertiary/aromatic N) is 2. The smallest absolute Gasteiger partial charge is 0.322 e. The van der Waals surface area contributed by atoms with Gasteiger partial charge >= 0.3 is 5.76 Å². The van der Waals surface area contributed by atoms with Crippen molar-refractivity contribution in [3.05, 3.63) is 106 Å². The molecule has 2 N–H and O–H groups in total. The quantitative estimate of drug-likeness (QED) is 0.460. The van der Waals surface area contributed by atoms with Gasteiger partial charge in [0.05, 0.1) is 17.7 Å². The molecule has 0 saturated carbocycles. The first-order chi connectivity index (χ1) is 16.0. The number of hydrogen-bond donors (Lipinski definition) is 2. The summed E-state index contributed by atoms with van der Waals surface area (Å²) in [7, 11) is 0. The van der Waals surface area contributed by atoms with E-state index < -0.39 is 5.76 Å². The third-order valence-corrected chi connectivity index (χ3v) is 5.27. The highest BCUT2D eigenvalue weighted by Crippen LogP contribution is 2.24. The average molecular weight is 440 g/mol. The molecule has 1 aliphatic rings. The van der Waals surface area contributed by atoms with Crippen LogP contribution in [0, 0.1) is 0 Å². The normalized spacial score (nSPS) is 12.7. The number of rotatable bonds is 5. The zero-order chi connectivity index (χ0) is 22.9. The summed E-state index contributed by atoms with van der Waals surface area (Å²) >= 11 is 0. The minimum Gasteiger partial charge on any atom is -0.322 e. The van der Waals surface area contributed by atoms with Crippen molar-refractivity contribution in [1.29, 1.82) is 0 Å². The van der Waals surface area contributed by atoms with Crippen molar-refractivity contribution in [3.63, 3.8) is 0 Å². The Bertz CT molecular complexity index is 1420. The van der Waals surface area contributed by atoms with E-state index in [0.29, 0.717) is 27.9 Å². The van der Waals surface area contributed by atoms with Crippen LogP contribution in [-0.4, -0.2) is 32.8 Å². The van der Waals surface area contributed by atoms with Crippen LogP contribution < -0.4 is 11.1 Å². The first-order valence-electron chi connectivity index (χ1n) is 10.0. The Balaban J connectivity index is 1.27. The third-order valence-electron chi connectivity index (χ3n) is 5.27. The zero-order valence-corrected chi connectivity index (χ0v) is 17.1. The minimum atomic E-state index is -0.666.